The van der Waals surface area contributed by atoms with Crippen LogP contribution in [-0.2, 0) is 4.79 Å². The van der Waals surface area contributed by atoms with Gasteiger partial charge in [0.2, 0.25) is 5.91 Å². The third-order valence-electron chi connectivity index (χ3n) is 5.31. The van der Waals surface area contributed by atoms with Gasteiger partial charge in [-0.25, -0.2) is 4.98 Å². The minimum absolute atomic E-state index is 0.304. The van der Waals surface area contributed by atoms with E-state index in [9.17, 15) is 9.59 Å². The van der Waals surface area contributed by atoms with Crippen molar-refractivity contribution in [1.82, 2.24) is 25.1 Å². The van der Waals surface area contributed by atoms with Crippen LogP contribution >= 0.6 is 0 Å². The zero-order valence-corrected chi connectivity index (χ0v) is 17.2. The molecule has 0 aliphatic rings. The van der Waals surface area contributed by atoms with Gasteiger partial charge in [-0.2, -0.15) is 5.10 Å². The van der Waals surface area contributed by atoms with E-state index in [0.29, 0.717) is 11.3 Å². The zero-order valence-electron chi connectivity index (χ0n) is 17.2. The Morgan fingerprint density at radius 1 is 1.03 bits per heavy atom. The van der Waals surface area contributed by atoms with Gasteiger partial charge in [-0.15, -0.1) is 0 Å². The van der Waals surface area contributed by atoms with Crippen molar-refractivity contribution in [3.05, 3.63) is 84.8 Å². The van der Waals surface area contributed by atoms with E-state index in [1.165, 1.54) is 0 Å². The monoisotopic (exact) mass is 424 g/mol. The molecule has 1 unspecified atom stereocenters. The van der Waals surface area contributed by atoms with E-state index < -0.39 is 6.04 Å². The highest BCUT2D eigenvalue weighted by Gasteiger charge is 2.17. The third-order valence-corrected chi connectivity index (χ3v) is 5.31. The molecule has 2 amide bonds. The normalized spacial score (nSPS) is 12.0. The number of para-hydroxylation sites is 2. The maximum atomic E-state index is 12.6. The molecule has 3 aromatic carbocycles. The van der Waals surface area contributed by atoms with Gasteiger partial charge in [0.05, 0.1) is 22.7 Å². The summed E-state index contributed by atoms with van der Waals surface area (Å²) >= 11 is 0. The molecule has 0 radical (unpaired) electrons. The average Bonchev–Trinajstić information content (AvgIpc) is 3.46. The van der Waals surface area contributed by atoms with Gasteiger partial charge in [-0.1, -0.05) is 18.2 Å². The summed E-state index contributed by atoms with van der Waals surface area (Å²) in [6.45, 7) is 1.65. The van der Waals surface area contributed by atoms with Crippen molar-refractivity contribution in [2.24, 2.45) is 0 Å². The summed E-state index contributed by atoms with van der Waals surface area (Å²) in [4.78, 5) is 29.5. The number of anilines is 1. The summed E-state index contributed by atoms with van der Waals surface area (Å²) in [6.07, 6.45) is 3.46. The second-order valence-electron chi connectivity index (χ2n) is 7.51. The SMILES string of the molecule is CC(NC(=O)c1ccc2cn[nH]c2c1)C(=O)Nc1ccc(-n2cnc3ccccc32)cc1. The molecule has 1 atom stereocenters. The van der Waals surface area contributed by atoms with Gasteiger partial charge in [0.15, 0.2) is 0 Å². The quantitative estimate of drug-likeness (QED) is 0.400. The first-order valence-electron chi connectivity index (χ1n) is 10.2. The maximum absolute atomic E-state index is 12.6. The Balaban J connectivity index is 1.24. The fourth-order valence-corrected chi connectivity index (χ4v) is 3.54. The summed E-state index contributed by atoms with van der Waals surface area (Å²) in [5, 5.41) is 13.3. The third kappa shape index (κ3) is 3.69. The molecule has 158 valence electrons. The second kappa shape index (κ2) is 7.99. The van der Waals surface area contributed by atoms with Crippen molar-refractivity contribution in [2.75, 3.05) is 5.32 Å². The largest absolute Gasteiger partial charge is 0.341 e. The Hall–Kier alpha value is -4.46. The molecule has 8 nitrogen and oxygen atoms in total. The predicted molar refractivity (Wildman–Crippen MR) is 123 cm³/mol. The van der Waals surface area contributed by atoms with Crippen LogP contribution in [0.15, 0.2) is 79.3 Å². The first-order chi connectivity index (χ1) is 15.6. The van der Waals surface area contributed by atoms with Gasteiger partial charge >= 0.3 is 0 Å². The lowest BCUT2D eigenvalue weighted by atomic mass is 10.1. The molecule has 0 saturated carbocycles. The molecular weight excluding hydrogens is 404 g/mol. The Morgan fingerprint density at radius 2 is 1.84 bits per heavy atom. The Morgan fingerprint density at radius 3 is 2.69 bits per heavy atom. The molecule has 2 heterocycles. The summed E-state index contributed by atoms with van der Waals surface area (Å²) in [5.74, 6) is -0.631. The molecule has 0 bridgehead atoms. The smallest absolute Gasteiger partial charge is 0.251 e. The highest BCUT2D eigenvalue weighted by atomic mass is 16.2. The molecule has 0 spiro atoms. The minimum atomic E-state index is -0.711. The lowest BCUT2D eigenvalue weighted by Gasteiger charge is -2.15. The molecule has 5 aromatic rings. The van der Waals surface area contributed by atoms with Crippen LogP contribution in [0.4, 0.5) is 5.69 Å². The first-order valence-corrected chi connectivity index (χ1v) is 10.2. The summed E-state index contributed by atoms with van der Waals surface area (Å²) < 4.78 is 1.99. The van der Waals surface area contributed by atoms with Crippen LogP contribution in [0, 0.1) is 0 Å². The molecule has 0 fully saturated rings. The molecule has 2 aromatic heterocycles. The van der Waals surface area contributed by atoms with Gasteiger partial charge in [0.25, 0.3) is 5.91 Å². The zero-order chi connectivity index (χ0) is 22.1. The fourth-order valence-electron chi connectivity index (χ4n) is 3.54. The number of aromatic nitrogens is 4. The molecule has 3 N–H and O–H groups in total. The molecule has 0 aliphatic carbocycles. The number of amides is 2. The molecule has 8 heteroatoms. The van der Waals surface area contributed by atoms with Gasteiger partial charge in [0, 0.05) is 22.3 Å². The molecule has 0 aliphatic heterocycles. The highest BCUT2D eigenvalue weighted by molar-refractivity contribution is 6.02. The van der Waals surface area contributed by atoms with E-state index in [2.05, 4.69) is 25.8 Å². The van der Waals surface area contributed by atoms with Crippen LogP contribution in [0.5, 0.6) is 0 Å². The van der Waals surface area contributed by atoms with E-state index in [1.54, 1.807) is 31.6 Å². The lowest BCUT2D eigenvalue weighted by Crippen LogP contribution is -2.41. The number of H-pyrrole nitrogens is 1. The number of benzene rings is 3. The number of nitrogens with zero attached hydrogens (tertiary/aromatic N) is 3. The number of rotatable bonds is 5. The molecular formula is C24H20N6O2. The number of fused-ring (bicyclic) bond motifs is 2. The van der Waals surface area contributed by atoms with Crippen LogP contribution in [0.1, 0.15) is 17.3 Å². The molecule has 0 saturated heterocycles. The van der Waals surface area contributed by atoms with Crippen LogP contribution in [-0.4, -0.2) is 37.6 Å². The highest BCUT2D eigenvalue weighted by Crippen LogP contribution is 2.20. The van der Waals surface area contributed by atoms with Crippen molar-refractivity contribution in [2.45, 2.75) is 13.0 Å². The van der Waals surface area contributed by atoms with Gasteiger partial charge in [0.1, 0.15) is 12.4 Å². The Labute approximate surface area is 183 Å². The Bertz CT molecular complexity index is 1430. The number of nitrogens with one attached hydrogen (secondary N) is 3. The van der Waals surface area contributed by atoms with Crippen molar-refractivity contribution >= 4 is 39.4 Å². The topological polar surface area (TPSA) is 105 Å². The van der Waals surface area contributed by atoms with E-state index in [1.807, 2.05) is 59.2 Å². The molecule has 32 heavy (non-hydrogen) atoms. The fraction of sp³-hybridized carbons (Fsp3) is 0.0833. The van der Waals surface area contributed by atoms with Gasteiger partial charge < -0.3 is 10.6 Å². The lowest BCUT2D eigenvalue weighted by molar-refractivity contribution is -0.117. The number of carbonyl (C=O) groups excluding carboxylic acids is 2. The van der Waals surface area contributed by atoms with Gasteiger partial charge in [-0.05, 0) is 55.5 Å². The number of imidazole rings is 1. The van der Waals surface area contributed by atoms with Crippen molar-refractivity contribution in [3.63, 3.8) is 0 Å². The molecule has 5 rings (SSSR count). The van der Waals surface area contributed by atoms with Crippen LogP contribution in [0.2, 0.25) is 0 Å². The standard InChI is InChI=1S/C24H20N6O2/c1-15(27-24(32)16-6-7-17-13-26-29-21(17)12-16)23(31)28-18-8-10-19(11-9-18)30-14-25-20-4-2-3-5-22(20)30/h2-15H,1H3,(H,26,29)(H,27,32)(H,28,31). The second-order valence-corrected chi connectivity index (χ2v) is 7.51. The first kappa shape index (κ1) is 19.5. The maximum Gasteiger partial charge on any atom is 0.251 e. The average molecular weight is 424 g/mol. The van der Waals surface area contributed by atoms with Gasteiger partial charge in [-0.3, -0.25) is 19.3 Å². The predicted octanol–water partition coefficient (Wildman–Crippen LogP) is 3.66. The number of aromatic amines is 1. The summed E-state index contributed by atoms with van der Waals surface area (Å²) in [7, 11) is 0. The van der Waals surface area contributed by atoms with E-state index >= 15 is 0 Å². The van der Waals surface area contributed by atoms with Crippen molar-refractivity contribution in [3.8, 4) is 5.69 Å². The van der Waals surface area contributed by atoms with E-state index in [-0.39, 0.29) is 11.8 Å². The van der Waals surface area contributed by atoms with E-state index in [4.69, 9.17) is 0 Å². The summed E-state index contributed by atoms with van der Waals surface area (Å²) in [6, 6.07) is 19.9. The minimum Gasteiger partial charge on any atom is -0.341 e. The summed E-state index contributed by atoms with van der Waals surface area (Å²) in [5.41, 5.74) is 4.73. The number of hydrogen-bond acceptors (Lipinski definition) is 4. The van der Waals surface area contributed by atoms with Crippen molar-refractivity contribution in [1.29, 1.82) is 0 Å². The van der Waals surface area contributed by atoms with Crippen LogP contribution in [0.3, 0.4) is 0 Å². The number of hydrogen-bond donors (Lipinski definition) is 3. The van der Waals surface area contributed by atoms with Crippen LogP contribution in [0.25, 0.3) is 27.6 Å². The van der Waals surface area contributed by atoms with Crippen molar-refractivity contribution < 1.29 is 9.59 Å². The Kier molecular flexibility index (Phi) is 4.87. The number of carbonyl (C=O) groups is 2. The van der Waals surface area contributed by atoms with Crippen LogP contribution < -0.4 is 10.6 Å². The van der Waals surface area contributed by atoms with E-state index in [0.717, 1.165) is 27.6 Å².